The largest absolute Gasteiger partial charge is 0.337 e. The monoisotopic (exact) mass is 341 g/mol. The maximum absolute atomic E-state index is 12.7. The summed E-state index contributed by atoms with van der Waals surface area (Å²) in [5, 5.41) is 0. The zero-order chi connectivity index (χ0) is 17.6. The lowest BCUT2D eigenvalue weighted by Crippen LogP contribution is -2.40. The second kappa shape index (κ2) is 8.25. The van der Waals surface area contributed by atoms with Crippen molar-refractivity contribution in [3.63, 3.8) is 0 Å². The Bertz CT molecular complexity index is 682. The first-order valence-corrected chi connectivity index (χ1v) is 9.01. The van der Waals surface area contributed by atoms with Crippen molar-refractivity contribution in [2.75, 3.05) is 33.7 Å². The molecule has 2 aromatic rings. The highest BCUT2D eigenvalue weighted by atomic mass is 16.2. The van der Waals surface area contributed by atoms with E-state index in [1.165, 1.54) is 0 Å². The number of rotatable bonds is 6. The lowest BCUT2D eigenvalue weighted by atomic mass is 9.96. The molecular weight excluding hydrogens is 314 g/mol. The Hall–Kier alpha value is -2.21. The second-order valence-electron chi connectivity index (χ2n) is 6.94. The number of likely N-dealkylation sites (tertiary alicyclic amines) is 1. The Morgan fingerprint density at radius 2 is 2.16 bits per heavy atom. The van der Waals surface area contributed by atoms with Crippen LogP contribution in [0.2, 0.25) is 0 Å². The minimum Gasteiger partial charge on any atom is -0.337 e. The molecule has 0 aromatic carbocycles. The fourth-order valence-electron chi connectivity index (χ4n) is 3.45. The third-order valence-corrected chi connectivity index (χ3v) is 4.71. The number of carbonyl (C=O) groups is 1. The fraction of sp³-hybridized carbons (Fsp3) is 0.526. The van der Waals surface area contributed by atoms with Crippen LogP contribution in [0, 0.1) is 0 Å². The number of hydrogen-bond donors (Lipinski definition) is 0. The van der Waals surface area contributed by atoms with Gasteiger partial charge in [0.2, 0.25) is 0 Å². The second-order valence-corrected chi connectivity index (χ2v) is 6.94. The van der Waals surface area contributed by atoms with E-state index in [1.807, 2.05) is 23.2 Å². The van der Waals surface area contributed by atoms with Crippen molar-refractivity contribution in [2.45, 2.75) is 31.7 Å². The first-order chi connectivity index (χ1) is 12.1. The maximum atomic E-state index is 12.7. The zero-order valence-electron chi connectivity index (χ0n) is 15.1. The maximum Gasteiger partial charge on any atom is 0.272 e. The minimum absolute atomic E-state index is 0.0241. The lowest BCUT2D eigenvalue weighted by molar-refractivity contribution is 0.0697. The molecule has 6 heteroatoms. The van der Waals surface area contributed by atoms with Crippen LogP contribution in [-0.2, 0) is 6.54 Å². The van der Waals surface area contributed by atoms with Gasteiger partial charge in [-0.05, 0) is 52.0 Å². The average Bonchev–Trinajstić information content (AvgIpc) is 3.10. The molecule has 3 heterocycles. The molecule has 0 N–H and O–H groups in total. The van der Waals surface area contributed by atoms with E-state index in [2.05, 4.69) is 39.7 Å². The van der Waals surface area contributed by atoms with Gasteiger partial charge in [-0.2, -0.15) is 0 Å². The molecule has 1 aliphatic rings. The van der Waals surface area contributed by atoms with Gasteiger partial charge in [0.25, 0.3) is 5.91 Å². The topological polar surface area (TPSA) is 54.3 Å². The van der Waals surface area contributed by atoms with Crippen LogP contribution < -0.4 is 0 Å². The smallest absolute Gasteiger partial charge is 0.272 e. The first-order valence-electron chi connectivity index (χ1n) is 9.01. The van der Waals surface area contributed by atoms with Crippen LogP contribution >= 0.6 is 0 Å². The molecule has 25 heavy (non-hydrogen) atoms. The van der Waals surface area contributed by atoms with Crippen molar-refractivity contribution >= 4 is 5.91 Å². The van der Waals surface area contributed by atoms with Crippen LogP contribution in [-0.4, -0.2) is 64.0 Å². The molecule has 134 valence electrons. The summed E-state index contributed by atoms with van der Waals surface area (Å²) in [6, 6.07) is 5.48. The summed E-state index contributed by atoms with van der Waals surface area (Å²) in [6.45, 7) is 3.55. The Morgan fingerprint density at radius 3 is 2.92 bits per heavy atom. The molecule has 0 saturated carbocycles. The van der Waals surface area contributed by atoms with Crippen molar-refractivity contribution in [1.82, 2.24) is 24.3 Å². The third-order valence-electron chi connectivity index (χ3n) is 4.71. The van der Waals surface area contributed by atoms with E-state index in [9.17, 15) is 4.79 Å². The normalized spacial score (nSPS) is 17.9. The Kier molecular flexibility index (Phi) is 5.81. The lowest BCUT2D eigenvalue weighted by Gasteiger charge is -2.32. The number of piperidine rings is 1. The zero-order valence-corrected chi connectivity index (χ0v) is 15.1. The van der Waals surface area contributed by atoms with Crippen LogP contribution in [0.4, 0.5) is 0 Å². The quantitative estimate of drug-likeness (QED) is 0.809. The van der Waals surface area contributed by atoms with E-state index in [-0.39, 0.29) is 5.91 Å². The molecular formula is C19H27N5O. The van der Waals surface area contributed by atoms with E-state index in [4.69, 9.17) is 0 Å². The van der Waals surface area contributed by atoms with Crippen molar-refractivity contribution in [2.24, 2.45) is 0 Å². The molecule has 1 atom stereocenters. The number of imidazole rings is 1. The summed E-state index contributed by atoms with van der Waals surface area (Å²) in [5.41, 5.74) is 0.525. The third kappa shape index (κ3) is 4.45. The first kappa shape index (κ1) is 17.6. The van der Waals surface area contributed by atoms with E-state index >= 15 is 0 Å². The summed E-state index contributed by atoms with van der Waals surface area (Å²) in [7, 11) is 4.19. The summed E-state index contributed by atoms with van der Waals surface area (Å²) < 4.78 is 2.25. The molecule has 0 radical (unpaired) electrons. The number of hydrogen-bond acceptors (Lipinski definition) is 4. The number of pyridine rings is 1. The van der Waals surface area contributed by atoms with Crippen LogP contribution in [0.3, 0.4) is 0 Å². The number of carbonyl (C=O) groups excluding carboxylic acids is 1. The Labute approximate surface area is 149 Å². The van der Waals surface area contributed by atoms with Gasteiger partial charge in [-0.3, -0.25) is 9.78 Å². The molecule has 0 unspecified atom stereocenters. The van der Waals surface area contributed by atoms with Gasteiger partial charge in [-0.15, -0.1) is 0 Å². The number of nitrogens with zero attached hydrogens (tertiary/aromatic N) is 5. The number of aromatic nitrogens is 3. The van der Waals surface area contributed by atoms with Crippen molar-refractivity contribution < 1.29 is 4.79 Å². The molecule has 1 fully saturated rings. The molecule has 1 saturated heterocycles. The molecule has 0 aliphatic carbocycles. The molecule has 0 spiro atoms. The SMILES string of the molecule is CN(C)CCCn1ccnc1[C@H]1CCCN(C(=O)c2ccccn2)C1. The Balaban J connectivity index is 1.66. The Morgan fingerprint density at radius 1 is 1.28 bits per heavy atom. The summed E-state index contributed by atoms with van der Waals surface area (Å²) in [4.78, 5) is 25.6. The molecule has 6 nitrogen and oxygen atoms in total. The summed E-state index contributed by atoms with van der Waals surface area (Å²) >= 11 is 0. The fourth-order valence-corrected chi connectivity index (χ4v) is 3.45. The van der Waals surface area contributed by atoms with Gasteiger partial charge in [0.1, 0.15) is 11.5 Å². The van der Waals surface area contributed by atoms with Crippen LogP contribution in [0.25, 0.3) is 0 Å². The van der Waals surface area contributed by atoms with Gasteiger partial charge in [0.05, 0.1) is 0 Å². The van der Waals surface area contributed by atoms with Gasteiger partial charge in [-0.1, -0.05) is 6.07 Å². The number of aryl methyl sites for hydroxylation is 1. The standard InChI is InChI=1S/C19H27N5O/c1-22(2)11-6-13-23-14-10-21-18(23)16-7-5-12-24(15-16)19(25)17-8-3-4-9-20-17/h3-4,8-10,14,16H,5-7,11-13,15H2,1-2H3/t16-/m0/s1. The number of amides is 1. The van der Waals surface area contributed by atoms with Gasteiger partial charge in [0.15, 0.2) is 0 Å². The highest BCUT2D eigenvalue weighted by molar-refractivity contribution is 5.92. The van der Waals surface area contributed by atoms with Gasteiger partial charge >= 0.3 is 0 Å². The predicted octanol–water partition coefficient (Wildman–Crippen LogP) is 2.25. The predicted molar refractivity (Wildman–Crippen MR) is 97.5 cm³/mol. The van der Waals surface area contributed by atoms with Gasteiger partial charge in [-0.25, -0.2) is 4.98 Å². The van der Waals surface area contributed by atoms with Crippen LogP contribution in [0.5, 0.6) is 0 Å². The molecule has 1 amide bonds. The average molecular weight is 341 g/mol. The van der Waals surface area contributed by atoms with Crippen molar-refractivity contribution in [3.05, 3.63) is 48.3 Å². The minimum atomic E-state index is 0.0241. The van der Waals surface area contributed by atoms with Crippen molar-refractivity contribution in [3.8, 4) is 0 Å². The van der Waals surface area contributed by atoms with E-state index < -0.39 is 0 Å². The van der Waals surface area contributed by atoms with Crippen molar-refractivity contribution in [1.29, 1.82) is 0 Å². The molecule has 0 bridgehead atoms. The summed E-state index contributed by atoms with van der Waals surface area (Å²) in [5.74, 6) is 1.43. The highest BCUT2D eigenvalue weighted by Gasteiger charge is 2.28. The molecule has 1 aliphatic heterocycles. The molecule has 2 aromatic heterocycles. The highest BCUT2D eigenvalue weighted by Crippen LogP contribution is 2.26. The van der Waals surface area contributed by atoms with E-state index in [0.717, 1.165) is 51.3 Å². The van der Waals surface area contributed by atoms with E-state index in [0.29, 0.717) is 11.6 Å². The summed E-state index contributed by atoms with van der Waals surface area (Å²) in [6.07, 6.45) is 8.80. The van der Waals surface area contributed by atoms with Gasteiger partial charge < -0.3 is 14.4 Å². The molecule has 3 rings (SSSR count). The van der Waals surface area contributed by atoms with Crippen LogP contribution in [0.1, 0.15) is 41.5 Å². The van der Waals surface area contributed by atoms with Gasteiger partial charge in [0, 0.05) is 44.1 Å². The van der Waals surface area contributed by atoms with E-state index in [1.54, 1.807) is 12.3 Å². The van der Waals surface area contributed by atoms with Crippen LogP contribution in [0.15, 0.2) is 36.8 Å².